The molecule has 0 aliphatic carbocycles. The molecule has 24 heavy (non-hydrogen) atoms. The van der Waals surface area contributed by atoms with Gasteiger partial charge in [-0.3, -0.25) is 14.2 Å². The molecule has 1 aromatic heterocycles. The minimum absolute atomic E-state index is 0.0236. The van der Waals surface area contributed by atoms with Crippen molar-refractivity contribution in [2.75, 3.05) is 0 Å². The topological polar surface area (TPSA) is 101 Å². The minimum atomic E-state index is -1.04. The van der Waals surface area contributed by atoms with Crippen LogP contribution in [0.3, 0.4) is 0 Å². The van der Waals surface area contributed by atoms with Crippen molar-refractivity contribution in [2.45, 2.75) is 45.2 Å². The molecule has 7 nitrogen and oxygen atoms in total. The van der Waals surface area contributed by atoms with Crippen molar-refractivity contribution in [1.29, 1.82) is 0 Å². The van der Waals surface area contributed by atoms with Crippen LogP contribution >= 0.6 is 0 Å². The fourth-order valence-corrected chi connectivity index (χ4v) is 2.42. The number of carboxylic acids is 1. The molecule has 0 fully saturated rings. The second-order valence-electron chi connectivity index (χ2n) is 5.61. The van der Waals surface area contributed by atoms with Crippen molar-refractivity contribution < 1.29 is 14.7 Å². The number of nitrogens with one attached hydrogen (secondary N) is 1. The highest BCUT2D eigenvalue weighted by Gasteiger charge is 2.19. The lowest BCUT2D eigenvalue weighted by Gasteiger charge is -2.14. The smallest absolute Gasteiger partial charge is 0.326 e. The number of carbonyl (C=O) groups excluding carboxylic acids is 1. The molecule has 0 bridgehead atoms. The number of carboxylic acid groups (broad SMARTS) is 1. The Labute approximate surface area is 139 Å². The van der Waals surface area contributed by atoms with Crippen molar-refractivity contribution in [3.63, 3.8) is 0 Å². The Morgan fingerprint density at radius 1 is 1.33 bits per heavy atom. The van der Waals surface area contributed by atoms with Gasteiger partial charge in [-0.1, -0.05) is 31.9 Å². The predicted octanol–water partition coefficient (Wildman–Crippen LogP) is 1.55. The number of nitrogens with zero attached hydrogens (tertiary/aromatic N) is 2. The number of aliphatic carboxylic acids is 1. The molecule has 128 valence electrons. The number of hydrogen-bond donors (Lipinski definition) is 2. The molecule has 2 rings (SSSR count). The van der Waals surface area contributed by atoms with Gasteiger partial charge in [-0.05, 0) is 18.6 Å². The van der Waals surface area contributed by atoms with Gasteiger partial charge in [-0.2, -0.15) is 0 Å². The molecule has 7 heteroatoms. The maximum Gasteiger partial charge on any atom is 0.326 e. The van der Waals surface area contributed by atoms with Crippen LogP contribution in [-0.4, -0.2) is 32.6 Å². The molecule has 0 saturated heterocycles. The van der Waals surface area contributed by atoms with Crippen molar-refractivity contribution in [3.8, 4) is 0 Å². The summed E-state index contributed by atoms with van der Waals surface area (Å²) in [6.07, 6.45) is 3.41. The summed E-state index contributed by atoms with van der Waals surface area (Å²) < 4.78 is 1.36. The molecule has 1 atom stereocenters. The van der Waals surface area contributed by atoms with E-state index in [1.807, 2.05) is 6.92 Å². The summed E-state index contributed by atoms with van der Waals surface area (Å²) in [5, 5.41) is 12.1. The van der Waals surface area contributed by atoms with Gasteiger partial charge in [0.1, 0.15) is 6.04 Å². The average molecular weight is 331 g/mol. The van der Waals surface area contributed by atoms with Gasteiger partial charge in [0, 0.05) is 13.0 Å². The van der Waals surface area contributed by atoms with E-state index in [0.29, 0.717) is 17.3 Å². The summed E-state index contributed by atoms with van der Waals surface area (Å²) in [6.45, 7) is 2.11. The van der Waals surface area contributed by atoms with Crippen LogP contribution in [0.15, 0.2) is 35.4 Å². The highest BCUT2D eigenvalue weighted by atomic mass is 16.4. The SMILES string of the molecule is CCCCC(NC(=O)CCn1cnc2ccccc2c1=O)C(=O)O. The molecular weight excluding hydrogens is 310 g/mol. The molecule has 2 aromatic rings. The highest BCUT2D eigenvalue weighted by Crippen LogP contribution is 2.05. The average Bonchev–Trinajstić information content (AvgIpc) is 2.58. The molecule has 1 heterocycles. The zero-order valence-electron chi connectivity index (χ0n) is 13.6. The van der Waals surface area contributed by atoms with E-state index in [1.165, 1.54) is 10.9 Å². The van der Waals surface area contributed by atoms with E-state index in [4.69, 9.17) is 5.11 Å². The molecule has 0 aliphatic heterocycles. The number of carbonyl (C=O) groups is 2. The fraction of sp³-hybridized carbons (Fsp3) is 0.412. The Bertz CT molecular complexity index is 785. The van der Waals surface area contributed by atoms with Gasteiger partial charge in [-0.25, -0.2) is 9.78 Å². The lowest BCUT2D eigenvalue weighted by Crippen LogP contribution is -2.41. The van der Waals surface area contributed by atoms with Gasteiger partial charge < -0.3 is 10.4 Å². The number of para-hydroxylation sites is 1. The second-order valence-corrected chi connectivity index (χ2v) is 5.61. The van der Waals surface area contributed by atoms with E-state index in [1.54, 1.807) is 24.3 Å². The lowest BCUT2D eigenvalue weighted by atomic mass is 10.1. The third kappa shape index (κ3) is 4.41. The van der Waals surface area contributed by atoms with Crippen LogP contribution in [0.5, 0.6) is 0 Å². The van der Waals surface area contributed by atoms with Crippen LogP contribution in [0, 0.1) is 0 Å². The van der Waals surface area contributed by atoms with Gasteiger partial charge in [-0.15, -0.1) is 0 Å². The Hall–Kier alpha value is -2.70. The summed E-state index contributed by atoms with van der Waals surface area (Å²) in [4.78, 5) is 39.6. The molecule has 1 amide bonds. The lowest BCUT2D eigenvalue weighted by molar-refractivity contribution is -0.142. The third-order valence-electron chi connectivity index (χ3n) is 3.79. The van der Waals surface area contributed by atoms with Gasteiger partial charge in [0.05, 0.1) is 17.2 Å². The second kappa shape index (κ2) is 8.24. The van der Waals surface area contributed by atoms with Crippen molar-refractivity contribution in [1.82, 2.24) is 14.9 Å². The van der Waals surface area contributed by atoms with Crippen LogP contribution in [0.4, 0.5) is 0 Å². The van der Waals surface area contributed by atoms with E-state index in [9.17, 15) is 14.4 Å². The number of aromatic nitrogens is 2. The molecule has 2 N–H and O–H groups in total. The number of rotatable bonds is 8. The Morgan fingerprint density at radius 2 is 2.08 bits per heavy atom. The highest BCUT2D eigenvalue weighted by molar-refractivity contribution is 5.83. The maximum atomic E-state index is 12.3. The van der Waals surface area contributed by atoms with E-state index in [0.717, 1.165) is 12.8 Å². The molecule has 1 aromatic carbocycles. The van der Waals surface area contributed by atoms with Crippen LogP contribution in [0.25, 0.3) is 10.9 Å². The number of unbranched alkanes of at least 4 members (excludes halogenated alkanes) is 1. The summed E-state index contributed by atoms with van der Waals surface area (Å²) >= 11 is 0. The largest absolute Gasteiger partial charge is 0.480 e. The number of amides is 1. The van der Waals surface area contributed by atoms with E-state index in [-0.39, 0.29) is 18.5 Å². The summed E-state index contributed by atoms with van der Waals surface area (Å²) in [7, 11) is 0. The number of hydrogen-bond acceptors (Lipinski definition) is 4. The van der Waals surface area contributed by atoms with Gasteiger partial charge in [0.15, 0.2) is 0 Å². The molecule has 0 radical (unpaired) electrons. The quantitative estimate of drug-likeness (QED) is 0.764. The van der Waals surface area contributed by atoms with E-state index < -0.39 is 17.9 Å². The maximum absolute atomic E-state index is 12.3. The molecular formula is C17H21N3O4. The zero-order chi connectivity index (χ0) is 17.5. The third-order valence-corrected chi connectivity index (χ3v) is 3.79. The normalized spacial score (nSPS) is 12.0. The van der Waals surface area contributed by atoms with Gasteiger partial charge >= 0.3 is 5.97 Å². The first kappa shape index (κ1) is 17.7. The van der Waals surface area contributed by atoms with Crippen molar-refractivity contribution in [3.05, 3.63) is 40.9 Å². The van der Waals surface area contributed by atoms with Crippen LogP contribution in [-0.2, 0) is 16.1 Å². The Balaban J connectivity index is 2.00. The Morgan fingerprint density at radius 3 is 2.79 bits per heavy atom. The molecule has 0 saturated carbocycles. The summed E-state index contributed by atoms with van der Waals surface area (Å²) in [6, 6.07) is 6.11. The first-order valence-corrected chi connectivity index (χ1v) is 7.99. The first-order chi connectivity index (χ1) is 11.5. The monoisotopic (exact) mass is 331 g/mol. The van der Waals surface area contributed by atoms with Gasteiger partial charge in [0.2, 0.25) is 5.91 Å². The number of aryl methyl sites for hydroxylation is 1. The van der Waals surface area contributed by atoms with Gasteiger partial charge in [0.25, 0.3) is 5.56 Å². The number of fused-ring (bicyclic) bond motifs is 1. The molecule has 0 spiro atoms. The fourth-order valence-electron chi connectivity index (χ4n) is 2.42. The summed E-state index contributed by atoms with van der Waals surface area (Å²) in [5.41, 5.74) is 0.392. The minimum Gasteiger partial charge on any atom is -0.480 e. The van der Waals surface area contributed by atoms with E-state index >= 15 is 0 Å². The van der Waals surface area contributed by atoms with Crippen LogP contribution < -0.4 is 10.9 Å². The van der Waals surface area contributed by atoms with E-state index in [2.05, 4.69) is 10.3 Å². The molecule has 0 aliphatic rings. The standard InChI is InChI=1S/C17H21N3O4/c1-2-3-7-14(17(23)24)19-15(21)9-10-20-11-18-13-8-5-4-6-12(13)16(20)22/h4-6,8,11,14H,2-3,7,9-10H2,1H3,(H,19,21)(H,23,24). The van der Waals surface area contributed by atoms with Crippen LogP contribution in [0.2, 0.25) is 0 Å². The zero-order valence-corrected chi connectivity index (χ0v) is 13.6. The van der Waals surface area contributed by atoms with Crippen molar-refractivity contribution >= 4 is 22.8 Å². The van der Waals surface area contributed by atoms with Crippen molar-refractivity contribution in [2.24, 2.45) is 0 Å². The van der Waals surface area contributed by atoms with Crippen LogP contribution in [0.1, 0.15) is 32.6 Å². The first-order valence-electron chi connectivity index (χ1n) is 7.99. The molecule has 1 unspecified atom stereocenters. The Kier molecular flexibility index (Phi) is 6.06. The summed E-state index contributed by atoms with van der Waals surface area (Å²) in [5.74, 6) is -1.43. The predicted molar refractivity (Wildman–Crippen MR) is 89.7 cm³/mol. The number of benzene rings is 1.